The first-order valence-electron chi connectivity index (χ1n) is 9.10. The summed E-state index contributed by atoms with van der Waals surface area (Å²) in [6, 6.07) is 10.6. The summed E-state index contributed by atoms with van der Waals surface area (Å²) >= 11 is 0. The van der Waals surface area contributed by atoms with Crippen molar-refractivity contribution in [2.24, 2.45) is 0 Å². The van der Waals surface area contributed by atoms with E-state index in [-0.39, 0.29) is 29.5 Å². The molecule has 1 N–H and O–H groups in total. The maximum Gasteiger partial charge on any atom is 0.269 e. The lowest BCUT2D eigenvalue weighted by Crippen LogP contribution is -2.33. The van der Waals surface area contributed by atoms with Gasteiger partial charge in [0.2, 0.25) is 15.9 Å². The van der Waals surface area contributed by atoms with Gasteiger partial charge in [0, 0.05) is 32.1 Å². The molecule has 0 aliphatic rings. The van der Waals surface area contributed by atoms with Crippen LogP contribution in [0.2, 0.25) is 0 Å². The van der Waals surface area contributed by atoms with Crippen LogP contribution in [-0.4, -0.2) is 37.7 Å². The van der Waals surface area contributed by atoms with E-state index in [4.69, 9.17) is 0 Å². The minimum Gasteiger partial charge on any atom is -0.339 e. The summed E-state index contributed by atoms with van der Waals surface area (Å²) < 4.78 is 27.3. The Kier molecular flexibility index (Phi) is 7.10. The van der Waals surface area contributed by atoms with Gasteiger partial charge in [-0.25, -0.2) is 13.1 Å². The molecule has 0 spiro atoms. The van der Waals surface area contributed by atoms with Crippen molar-refractivity contribution >= 4 is 21.6 Å². The molecule has 29 heavy (non-hydrogen) atoms. The van der Waals surface area contributed by atoms with Crippen LogP contribution in [0.25, 0.3) is 0 Å². The molecule has 0 bridgehead atoms. The molecular weight excluding hydrogens is 394 g/mol. The monoisotopic (exact) mass is 419 g/mol. The van der Waals surface area contributed by atoms with Gasteiger partial charge in [0.05, 0.1) is 15.9 Å². The lowest BCUT2D eigenvalue weighted by molar-refractivity contribution is -0.384. The van der Waals surface area contributed by atoms with Crippen molar-refractivity contribution in [3.8, 4) is 0 Å². The van der Waals surface area contributed by atoms with E-state index in [0.717, 1.165) is 11.1 Å². The Bertz CT molecular complexity index is 1020. The number of carbonyl (C=O) groups is 1. The molecule has 2 aromatic carbocycles. The molecule has 1 atom stereocenters. The summed E-state index contributed by atoms with van der Waals surface area (Å²) in [4.78, 5) is 24.5. The number of hydrogen-bond donors (Lipinski definition) is 1. The molecule has 2 rings (SSSR count). The Morgan fingerprint density at radius 2 is 1.86 bits per heavy atom. The molecule has 0 aliphatic carbocycles. The van der Waals surface area contributed by atoms with Crippen LogP contribution in [0.4, 0.5) is 5.69 Å². The van der Waals surface area contributed by atoms with E-state index >= 15 is 0 Å². The molecule has 0 unspecified atom stereocenters. The predicted molar refractivity (Wildman–Crippen MR) is 110 cm³/mol. The molecular formula is C20H25N3O5S. The number of rotatable bonds is 8. The van der Waals surface area contributed by atoms with E-state index in [1.54, 1.807) is 38.2 Å². The van der Waals surface area contributed by atoms with Gasteiger partial charge in [0.25, 0.3) is 5.69 Å². The molecule has 0 aromatic heterocycles. The van der Waals surface area contributed by atoms with E-state index in [0.29, 0.717) is 5.56 Å². The van der Waals surface area contributed by atoms with Gasteiger partial charge in [-0.15, -0.1) is 0 Å². The highest BCUT2D eigenvalue weighted by Gasteiger charge is 2.20. The van der Waals surface area contributed by atoms with Gasteiger partial charge in [0.1, 0.15) is 0 Å². The van der Waals surface area contributed by atoms with Gasteiger partial charge in [-0.05, 0) is 49.6 Å². The number of hydrogen-bond acceptors (Lipinski definition) is 5. The number of nitrogens with one attached hydrogen (secondary N) is 1. The average Bonchev–Trinajstić information content (AvgIpc) is 2.68. The van der Waals surface area contributed by atoms with Crippen molar-refractivity contribution in [1.29, 1.82) is 0 Å². The number of amides is 1. The molecule has 1 amide bonds. The Balaban J connectivity index is 1.98. The Hall–Kier alpha value is -2.78. The normalized spacial score (nSPS) is 12.4. The third-order valence-corrected chi connectivity index (χ3v) is 6.42. The van der Waals surface area contributed by atoms with Gasteiger partial charge in [-0.2, -0.15) is 0 Å². The fourth-order valence-corrected chi connectivity index (χ4v) is 3.89. The Morgan fingerprint density at radius 3 is 2.48 bits per heavy atom. The highest BCUT2D eigenvalue weighted by Crippen LogP contribution is 2.23. The number of non-ortho nitro benzene ring substituents is 1. The van der Waals surface area contributed by atoms with Crippen molar-refractivity contribution in [2.75, 3.05) is 13.6 Å². The van der Waals surface area contributed by atoms with E-state index < -0.39 is 21.0 Å². The maximum absolute atomic E-state index is 12.5. The zero-order chi connectivity index (χ0) is 21.8. The van der Waals surface area contributed by atoms with Crippen molar-refractivity contribution in [3.63, 3.8) is 0 Å². The first-order chi connectivity index (χ1) is 13.5. The van der Waals surface area contributed by atoms with Crippen LogP contribution in [-0.2, 0) is 14.8 Å². The molecule has 0 saturated heterocycles. The van der Waals surface area contributed by atoms with Gasteiger partial charge in [-0.1, -0.05) is 18.2 Å². The minimum absolute atomic E-state index is 0.0279. The van der Waals surface area contributed by atoms with Gasteiger partial charge in [-0.3, -0.25) is 14.9 Å². The molecule has 0 heterocycles. The number of benzene rings is 2. The summed E-state index contributed by atoms with van der Waals surface area (Å²) in [5.41, 5.74) is 2.45. The Morgan fingerprint density at radius 1 is 1.17 bits per heavy atom. The lowest BCUT2D eigenvalue weighted by atomic mass is 10.1. The third kappa shape index (κ3) is 5.61. The van der Waals surface area contributed by atoms with Crippen molar-refractivity contribution in [1.82, 2.24) is 9.62 Å². The Labute approximate surface area is 170 Å². The molecule has 0 fully saturated rings. The zero-order valence-electron chi connectivity index (χ0n) is 16.9. The van der Waals surface area contributed by atoms with E-state index in [1.165, 1.54) is 23.1 Å². The molecule has 156 valence electrons. The number of sulfonamides is 1. The zero-order valence-corrected chi connectivity index (χ0v) is 17.7. The molecule has 0 saturated carbocycles. The summed E-state index contributed by atoms with van der Waals surface area (Å²) in [7, 11) is -2.12. The summed E-state index contributed by atoms with van der Waals surface area (Å²) in [6.45, 7) is 5.45. The highest BCUT2D eigenvalue weighted by atomic mass is 32.2. The molecule has 8 nitrogen and oxygen atoms in total. The quantitative estimate of drug-likeness (QED) is 0.522. The number of carbonyl (C=O) groups excluding carboxylic acids is 1. The summed E-state index contributed by atoms with van der Waals surface area (Å²) in [5.74, 6) is -0.271. The van der Waals surface area contributed by atoms with Crippen molar-refractivity contribution < 1.29 is 18.1 Å². The van der Waals surface area contributed by atoms with Gasteiger partial charge in [0.15, 0.2) is 0 Å². The SMILES string of the molecule is Cc1ccc(S(=O)(=O)NCCC(=O)N(C)[C@H](C)c2cccc([N+](=O)[O-])c2)cc1C. The number of aryl methyl sites for hydroxylation is 2. The summed E-state index contributed by atoms with van der Waals surface area (Å²) in [5, 5.41) is 10.9. The minimum atomic E-state index is -3.70. The smallest absolute Gasteiger partial charge is 0.269 e. The first kappa shape index (κ1) is 22.5. The van der Waals surface area contributed by atoms with Crippen LogP contribution >= 0.6 is 0 Å². The van der Waals surface area contributed by atoms with Crippen LogP contribution in [0.3, 0.4) is 0 Å². The van der Waals surface area contributed by atoms with E-state index in [2.05, 4.69) is 4.72 Å². The van der Waals surface area contributed by atoms with Crippen molar-refractivity contribution in [3.05, 3.63) is 69.3 Å². The highest BCUT2D eigenvalue weighted by molar-refractivity contribution is 7.89. The average molecular weight is 420 g/mol. The van der Waals surface area contributed by atoms with Crippen LogP contribution in [0.5, 0.6) is 0 Å². The van der Waals surface area contributed by atoms with Gasteiger partial charge >= 0.3 is 0 Å². The lowest BCUT2D eigenvalue weighted by Gasteiger charge is -2.25. The van der Waals surface area contributed by atoms with Crippen LogP contribution < -0.4 is 4.72 Å². The predicted octanol–water partition coefficient (Wildman–Crippen LogP) is 3.10. The van der Waals surface area contributed by atoms with Crippen LogP contribution in [0.15, 0.2) is 47.4 Å². The first-order valence-corrected chi connectivity index (χ1v) is 10.6. The summed E-state index contributed by atoms with van der Waals surface area (Å²) in [6.07, 6.45) is -0.0279. The fraction of sp³-hybridized carbons (Fsp3) is 0.350. The fourth-order valence-electron chi connectivity index (χ4n) is 2.77. The molecule has 2 aromatic rings. The molecule has 0 radical (unpaired) electrons. The largest absolute Gasteiger partial charge is 0.339 e. The number of nitro groups is 1. The molecule has 9 heteroatoms. The topological polar surface area (TPSA) is 110 Å². The number of nitro benzene ring substituents is 1. The second-order valence-corrected chi connectivity index (χ2v) is 8.69. The second kappa shape index (κ2) is 9.15. The maximum atomic E-state index is 12.5. The van der Waals surface area contributed by atoms with Crippen LogP contribution in [0, 0.1) is 24.0 Å². The van der Waals surface area contributed by atoms with E-state index in [1.807, 2.05) is 13.8 Å². The van der Waals surface area contributed by atoms with Crippen molar-refractivity contribution in [2.45, 2.75) is 38.1 Å². The third-order valence-electron chi connectivity index (χ3n) is 4.96. The van der Waals surface area contributed by atoms with Gasteiger partial charge < -0.3 is 4.90 Å². The molecule has 0 aliphatic heterocycles. The van der Waals surface area contributed by atoms with Crippen LogP contribution in [0.1, 0.15) is 36.1 Å². The number of nitrogens with zero attached hydrogens (tertiary/aromatic N) is 2. The standard InChI is InChI=1S/C20H25N3O5S/c1-14-8-9-19(12-15(14)2)29(27,28)21-11-10-20(24)22(4)16(3)17-6-5-7-18(13-17)23(25)26/h5-9,12-13,16,21H,10-11H2,1-4H3/t16-/m1/s1. The second-order valence-electron chi connectivity index (χ2n) is 6.93. The van der Waals surface area contributed by atoms with E-state index in [9.17, 15) is 23.3 Å².